The van der Waals surface area contributed by atoms with E-state index in [4.69, 9.17) is 0 Å². The van der Waals surface area contributed by atoms with E-state index in [1.165, 1.54) is 49.6 Å². The van der Waals surface area contributed by atoms with Crippen LogP contribution < -0.4 is 0 Å². The van der Waals surface area contributed by atoms with Gasteiger partial charge in [0.15, 0.2) is 0 Å². The molecule has 4 heteroatoms. The molecular formula is C23H33N3O. The van der Waals surface area contributed by atoms with E-state index >= 15 is 0 Å². The molecule has 2 fully saturated rings. The largest absolute Gasteiger partial charge is 0.396 e. The van der Waals surface area contributed by atoms with Crippen molar-refractivity contribution in [1.29, 1.82) is 0 Å². The monoisotopic (exact) mass is 367 g/mol. The number of piperazine rings is 1. The van der Waals surface area contributed by atoms with Crippen LogP contribution in [0, 0.1) is 5.92 Å². The van der Waals surface area contributed by atoms with Crippen molar-refractivity contribution in [2.75, 3.05) is 32.8 Å². The number of para-hydroxylation sites is 1. The van der Waals surface area contributed by atoms with E-state index in [-0.39, 0.29) is 6.61 Å². The minimum absolute atomic E-state index is 0.287. The van der Waals surface area contributed by atoms with Crippen LogP contribution in [0.5, 0.6) is 0 Å². The van der Waals surface area contributed by atoms with Crippen molar-refractivity contribution >= 4 is 10.9 Å². The Morgan fingerprint density at radius 1 is 1.04 bits per heavy atom. The first-order valence-corrected chi connectivity index (χ1v) is 10.7. The zero-order valence-corrected chi connectivity index (χ0v) is 16.4. The number of pyridine rings is 1. The van der Waals surface area contributed by atoms with Crippen molar-refractivity contribution in [3.63, 3.8) is 0 Å². The number of hydrogen-bond donors (Lipinski definition) is 1. The standard InChI is InChI=1S/C23H33N3O/c27-15-11-22-18-25(13-14-26(22)16-19-6-2-1-3-7-19)17-21-9-4-8-20-10-5-12-24-23(20)21/h4-5,8-10,12,19,22,27H,1-3,6-7,11,13-18H2/t22-/m0/s1. The lowest BCUT2D eigenvalue weighted by molar-refractivity contribution is 0.0402. The minimum atomic E-state index is 0.287. The summed E-state index contributed by atoms with van der Waals surface area (Å²) in [5.41, 5.74) is 2.44. The van der Waals surface area contributed by atoms with Crippen LogP contribution in [-0.2, 0) is 6.54 Å². The van der Waals surface area contributed by atoms with Crippen molar-refractivity contribution in [2.45, 2.75) is 51.1 Å². The first-order chi connectivity index (χ1) is 13.3. The van der Waals surface area contributed by atoms with E-state index in [1.807, 2.05) is 12.3 Å². The predicted octanol–water partition coefficient (Wildman–Crippen LogP) is 3.68. The number of benzene rings is 1. The molecule has 2 heterocycles. The third-order valence-electron chi connectivity index (χ3n) is 6.48. The summed E-state index contributed by atoms with van der Waals surface area (Å²) in [5, 5.41) is 10.8. The summed E-state index contributed by atoms with van der Waals surface area (Å²) >= 11 is 0. The molecule has 0 radical (unpaired) electrons. The number of aromatic nitrogens is 1. The fourth-order valence-corrected chi connectivity index (χ4v) is 5.00. The zero-order valence-electron chi connectivity index (χ0n) is 16.4. The lowest BCUT2D eigenvalue weighted by atomic mass is 9.88. The van der Waals surface area contributed by atoms with Crippen LogP contribution in [0.3, 0.4) is 0 Å². The first-order valence-electron chi connectivity index (χ1n) is 10.7. The molecule has 1 saturated heterocycles. The second-order valence-corrected chi connectivity index (χ2v) is 8.39. The van der Waals surface area contributed by atoms with Crippen molar-refractivity contribution < 1.29 is 5.11 Å². The van der Waals surface area contributed by atoms with E-state index in [0.29, 0.717) is 6.04 Å². The topological polar surface area (TPSA) is 39.6 Å². The number of rotatable bonds is 6. The summed E-state index contributed by atoms with van der Waals surface area (Å²) in [6.07, 6.45) is 9.80. The molecule has 1 aromatic carbocycles. The van der Waals surface area contributed by atoms with Crippen LogP contribution >= 0.6 is 0 Å². The summed E-state index contributed by atoms with van der Waals surface area (Å²) in [6, 6.07) is 11.1. The lowest BCUT2D eigenvalue weighted by Gasteiger charge is -2.43. The van der Waals surface area contributed by atoms with Gasteiger partial charge in [0.05, 0.1) is 5.52 Å². The van der Waals surface area contributed by atoms with E-state index in [0.717, 1.165) is 44.0 Å². The van der Waals surface area contributed by atoms with Gasteiger partial charge in [-0.05, 0) is 36.8 Å². The Morgan fingerprint density at radius 3 is 2.74 bits per heavy atom. The molecule has 1 saturated carbocycles. The molecule has 4 nitrogen and oxygen atoms in total. The van der Waals surface area contributed by atoms with Crippen LogP contribution in [0.1, 0.15) is 44.1 Å². The Morgan fingerprint density at radius 2 is 1.89 bits per heavy atom. The van der Waals surface area contributed by atoms with Crippen LogP contribution in [0.25, 0.3) is 10.9 Å². The Kier molecular flexibility index (Phi) is 6.38. The Labute approximate surface area is 163 Å². The van der Waals surface area contributed by atoms with Crippen LogP contribution in [0.15, 0.2) is 36.5 Å². The molecule has 0 spiro atoms. The summed E-state index contributed by atoms with van der Waals surface area (Å²) in [5.74, 6) is 0.869. The van der Waals surface area contributed by atoms with Gasteiger partial charge in [-0.25, -0.2) is 0 Å². The Balaban J connectivity index is 1.41. The van der Waals surface area contributed by atoms with Crippen LogP contribution in [0.4, 0.5) is 0 Å². The van der Waals surface area contributed by atoms with Crippen molar-refractivity contribution in [2.24, 2.45) is 5.92 Å². The highest BCUT2D eigenvalue weighted by atomic mass is 16.3. The highest BCUT2D eigenvalue weighted by molar-refractivity contribution is 5.81. The average Bonchev–Trinajstić information content (AvgIpc) is 2.71. The summed E-state index contributed by atoms with van der Waals surface area (Å²) in [6.45, 7) is 5.76. The van der Waals surface area contributed by atoms with Crippen molar-refractivity contribution in [3.8, 4) is 0 Å². The van der Waals surface area contributed by atoms with E-state index < -0.39 is 0 Å². The molecule has 0 unspecified atom stereocenters. The molecule has 1 N–H and O–H groups in total. The van der Waals surface area contributed by atoms with E-state index in [2.05, 4.69) is 39.0 Å². The number of nitrogens with zero attached hydrogens (tertiary/aromatic N) is 3. The maximum Gasteiger partial charge on any atom is 0.0746 e. The van der Waals surface area contributed by atoms with Gasteiger partial charge in [0, 0.05) is 57.0 Å². The second-order valence-electron chi connectivity index (χ2n) is 8.39. The molecular weight excluding hydrogens is 334 g/mol. The third-order valence-corrected chi connectivity index (χ3v) is 6.48. The van der Waals surface area contributed by atoms with Gasteiger partial charge in [0.2, 0.25) is 0 Å². The molecule has 1 aliphatic carbocycles. The smallest absolute Gasteiger partial charge is 0.0746 e. The Bertz CT molecular complexity index is 723. The fraction of sp³-hybridized carbons (Fsp3) is 0.609. The third kappa shape index (κ3) is 4.68. The molecule has 1 aromatic heterocycles. The fourth-order valence-electron chi connectivity index (χ4n) is 5.00. The SMILES string of the molecule is OCC[C@H]1CN(Cc2cccc3cccnc23)CCN1CC1CCCCC1. The average molecular weight is 368 g/mol. The maximum atomic E-state index is 9.60. The van der Waals surface area contributed by atoms with Gasteiger partial charge in [-0.1, -0.05) is 43.5 Å². The summed E-state index contributed by atoms with van der Waals surface area (Å²) in [4.78, 5) is 9.84. The van der Waals surface area contributed by atoms with E-state index in [1.54, 1.807) is 0 Å². The second kappa shape index (κ2) is 9.13. The quantitative estimate of drug-likeness (QED) is 0.845. The van der Waals surface area contributed by atoms with Gasteiger partial charge in [0.25, 0.3) is 0 Å². The maximum absolute atomic E-state index is 9.60. The van der Waals surface area contributed by atoms with Gasteiger partial charge < -0.3 is 5.11 Å². The first kappa shape index (κ1) is 18.9. The molecule has 1 aliphatic heterocycles. The Hall–Kier alpha value is -1.49. The number of aliphatic hydroxyl groups excluding tert-OH is 1. The molecule has 2 aliphatic rings. The zero-order chi connectivity index (χ0) is 18.5. The van der Waals surface area contributed by atoms with Gasteiger partial charge in [-0.3, -0.25) is 14.8 Å². The molecule has 4 rings (SSSR count). The highest BCUT2D eigenvalue weighted by Crippen LogP contribution is 2.27. The molecule has 27 heavy (non-hydrogen) atoms. The van der Waals surface area contributed by atoms with Crippen LogP contribution in [-0.4, -0.2) is 58.7 Å². The van der Waals surface area contributed by atoms with Crippen LogP contribution in [0.2, 0.25) is 0 Å². The summed E-state index contributed by atoms with van der Waals surface area (Å²) in [7, 11) is 0. The molecule has 146 valence electrons. The highest BCUT2D eigenvalue weighted by Gasteiger charge is 2.29. The van der Waals surface area contributed by atoms with E-state index in [9.17, 15) is 5.11 Å². The van der Waals surface area contributed by atoms with Gasteiger partial charge >= 0.3 is 0 Å². The van der Waals surface area contributed by atoms with Crippen molar-refractivity contribution in [1.82, 2.24) is 14.8 Å². The lowest BCUT2D eigenvalue weighted by Crippen LogP contribution is -2.54. The normalized spacial score (nSPS) is 23.1. The van der Waals surface area contributed by atoms with Gasteiger partial charge in [-0.2, -0.15) is 0 Å². The predicted molar refractivity (Wildman–Crippen MR) is 111 cm³/mol. The minimum Gasteiger partial charge on any atom is -0.396 e. The van der Waals surface area contributed by atoms with Crippen molar-refractivity contribution in [3.05, 3.63) is 42.1 Å². The van der Waals surface area contributed by atoms with Gasteiger partial charge in [-0.15, -0.1) is 0 Å². The molecule has 0 bridgehead atoms. The number of fused-ring (bicyclic) bond motifs is 1. The molecule has 1 atom stereocenters. The summed E-state index contributed by atoms with van der Waals surface area (Å²) < 4.78 is 0. The molecule has 2 aromatic rings. The number of hydrogen-bond acceptors (Lipinski definition) is 4. The molecule has 0 amide bonds. The van der Waals surface area contributed by atoms with Gasteiger partial charge in [0.1, 0.15) is 0 Å². The number of aliphatic hydroxyl groups is 1.